The van der Waals surface area contributed by atoms with Crippen molar-refractivity contribution in [3.63, 3.8) is 0 Å². The van der Waals surface area contributed by atoms with Gasteiger partial charge in [0, 0.05) is 31.1 Å². The number of furan rings is 1. The lowest BCUT2D eigenvalue weighted by Crippen LogP contribution is -2.35. The highest BCUT2D eigenvalue weighted by Gasteiger charge is 2.24. The van der Waals surface area contributed by atoms with E-state index in [4.69, 9.17) is 4.42 Å². The lowest BCUT2D eigenvalue weighted by atomic mass is 9.93. The predicted molar refractivity (Wildman–Crippen MR) is 103 cm³/mol. The van der Waals surface area contributed by atoms with Gasteiger partial charge in [0.2, 0.25) is 5.91 Å². The number of carbonyl (C=O) groups excluding carboxylic acids is 1. The van der Waals surface area contributed by atoms with Crippen molar-refractivity contribution in [1.29, 1.82) is 0 Å². The molecule has 4 nitrogen and oxygen atoms in total. The molecule has 1 atom stereocenters. The topological polar surface area (TPSA) is 45.5 Å². The largest absolute Gasteiger partial charge is 0.464 e. The fourth-order valence-electron chi connectivity index (χ4n) is 3.87. The van der Waals surface area contributed by atoms with Gasteiger partial charge in [-0.2, -0.15) is 0 Å². The summed E-state index contributed by atoms with van der Waals surface area (Å²) in [6.07, 6.45) is 8.24. The highest BCUT2D eigenvalue weighted by molar-refractivity contribution is 5.76. The molecule has 2 aliphatic rings. The second kappa shape index (κ2) is 8.09. The molecule has 2 fully saturated rings. The molecule has 0 radical (unpaired) electrons. The Balaban J connectivity index is 1.25. The maximum Gasteiger partial charge on any atom is 0.220 e. The zero-order valence-electron chi connectivity index (χ0n) is 15.3. The maximum absolute atomic E-state index is 11.9. The summed E-state index contributed by atoms with van der Waals surface area (Å²) < 4.78 is 5.45. The first-order chi connectivity index (χ1) is 12.8. The normalized spacial score (nSPS) is 20.8. The lowest BCUT2D eigenvalue weighted by molar-refractivity contribution is -0.121. The van der Waals surface area contributed by atoms with Crippen molar-refractivity contribution in [1.82, 2.24) is 10.2 Å². The van der Waals surface area contributed by atoms with E-state index in [9.17, 15) is 4.79 Å². The molecule has 1 aliphatic heterocycles. The Morgan fingerprint density at radius 3 is 2.73 bits per heavy atom. The first kappa shape index (κ1) is 17.3. The average Bonchev–Trinajstić information content (AvgIpc) is 3.30. The van der Waals surface area contributed by atoms with Crippen LogP contribution in [0.2, 0.25) is 0 Å². The quantitative estimate of drug-likeness (QED) is 0.811. The van der Waals surface area contributed by atoms with Gasteiger partial charge in [0.05, 0.1) is 6.26 Å². The molecule has 138 valence electrons. The van der Waals surface area contributed by atoms with Crippen LogP contribution in [-0.4, -0.2) is 29.9 Å². The molecule has 1 aromatic carbocycles. The molecular formula is C22H28N2O2. The van der Waals surface area contributed by atoms with Crippen molar-refractivity contribution in [3.8, 4) is 11.3 Å². The number of hydrogen-bond donors (Lipinski definition) is 1. The fourth-order valence-corrected chi connectivity index (χ4v) is 3.87. The van der Waals surface area contributed by atoms with Gasteiger partial charge in [0.1, 0.15) is 5.76 Å². The van der Waals surface area contributed by atoms with Crippen LogP contribution >= 0.6 is 0 Å². The molecular weight excluding hydrogens is 324 g/mol. The van der Waals surface area contributed by atoms with Crippen molar-refractivity contribution >= 4 is 5.91 Å². The number of piperidine rings is 1. The molecule has 1 aromatic heterocycles. The summed E-state index contributed by atoms with van der Waals surface area (Å²) in [5.41, 5.74) is 2.46. The summed E-state index contributed by atoms with van der Waals surface area (Å²) in [6.45, 7) is 3.25. The number of amides is 1. The van der Waals surface area contributed by atoms with Crippen LogP contribution in [0.4, 0.5) is 0 Å². The van der Waals surface area contributed by atoms with Crippen LogP contribution in [0.5, 0.6) is 0 Å². The minimum absolute atomic E-state index is 0.248. The van der Waals surface area contributed by atoms with Gasteiger partial charge in [-0.3, -0.25) is 9.69 Å². The molecule has 0 bridgehead atoms. The van der Waals surface area contributed by atoms with Gasteiger partial charge in [-0.05, 0) is 62.3 Å². The van der Waals surface area contributed by atoms with Crippen molar-refractivity contribution in [2.75, 3.05) is 13.1 Å². The molecule has 4 rings (SSSR count). The summed E-state index contributed by atoms with van der Waals surface area (Å²) in [6, 6.07) is 13.1. The fraction of sp³-hybridized carbons (Fsp3) is 0.500. The third kappa shape index (κ3) is 4.76. The van der Waals surface area contributed by atoms with Crippen LogP contribution in [-0.2, 0) is 11.3 Å². The highest BCUT2D eigenvalue weighted by Crippen LogP contribution is 2.25. The predicted octanol–water partition coefficient (Wildman–Crippen LogP) is 4.22. The Hall–Kier alpha value is -2.07. The Kier molecular flexibility index (Phi) is 5.40. The van der Waals surface area contributed by atoms with E-state index in [2.05, 4.69) is 34.5 Å². The smallest absolute Gasteiger partial charge is 0.220 e. The van der Waals surface area contributed by atoms with Crippen LogP contribution in [0.3, 0.4) is 0 Å². The Bertz CT molecular complexity index is 704. The van der Waals surface area contributed by atoms with Crippen LogP contribution in [0.1, 0.15) is 44.1 Å². The van der Waals surface area contributed by atoms with E-state index in [0.29, 0.717) is 18.4 Å². The highest BCUT2D eigenvalue weighted by atomic mass is 16.3. The molecule has 4 heteroatoms. The van der Waals surface area contributed by atoms with Crippen molar-refractivity contribution < 1.29 is 9.21 Å². The van der Waals surface area contributed by atoms with Gasteiger partial charge in [-0.25, -0.2) is 0 Å². The van der Waals surface area contributed by atoms with Crippen LogP contribution in [0, 0.1) is 5.92 Å². The van der Waals surface area contributed by atoms with E-state index in [-0.39, 0.29) is 5.91 Å². The number of nitrogens with one attached hydrogen (secondary N) is 1. The SMILES string of the molecule is O=C(CC[C@@H]1CCCN(Cc2ccc(-c3ccco3)cc2)C1)NC1CC1. The minimum atomic E-state index is 0.248. The van der Waals surface area contributed by atoms with Gasteiger partial charge in [0.15, 0.2) is 0 Å². The zero-order valence-corrected chi connectivity index (χ0v) is 15.3. The third-order valence-electron chi connectivity index (χ3n) is 5.49. The third-order valence-corrected chi connectivity index (χ3v) is 5.49. The molecule has 26 heavy (non-hydrogen) atoms. The Morgan fingerprint density at radius 1 is 1.15 bits per heavy atom. The molecule has 1 saturated carbocycles. The van der Waals surface area contributed by atoms with Crippen molar-refractivity contribution in [2.24, 2.45) is 5.92 Å². The van der Waals surface area contributed by atoms with Crippen LogP contribution in [0.25, 0.3) is 11.3 Å². The first-order valence-electron chi connectivity index (χ1n) is 9.91. The second-order valence-electron chi connectivity index (χ2n) is 7.80. The van der Waals surface area contributed by atoms with E-state index in [1.807, 2.05) is 12.1 Å². The molecule has 1 amide bonds. The van der Waals surface area contributed by atoms with E-state index < -0.39 is 0 Å². The standard InChI is InChI=1S/C22H28N2O2/c25-22(23-20-10-11-20)12-7-17-3-1-13-24(15-17)16-18-5-8-19(9-6-18)21-4-2-14-26-21/h2,4-6,8-9,14,17,20H,1,3,7,10-13,15-16H2,(H,23,25)/t17-/m0/s1. The van der Waals surface area contributed by atoms with Gasteiger partial charge in [-0.15, -0.1) is 0 Å². The average molecular weight is 352 g/mol. The van der Waals surface area contributed by atoms with Gasteiger partial charge >= 0.3 is 0 Å². The number of nitrogens with zero attached hydrogens (tertiary/aromatic N) is 1. The van der Waals surface area contributed by atoms with E-state index >= 15 is 0 Å². The molecule has 2 aromatic rings. The summed E-state index contributed by atoms with van der Waals surface area (Å²) in [7, 11) is 0. The molecule has 0 spiro atoms. The van der Waals surface area contributed by atoms with E-state index in [0.717, 1.165) is 37.4 Å². The number of rotatable bonds is 7. The maximum atomic E-state index is 11.9. The van der Waals surface area contributed by atoms with Gasteiger partial charge in [0.25, 0.3) is 0 Å². The Morgan fingerprint density at radius 2 is 2.00 bits per heavy atom. The number of benzene rings is 1. The lowest BCUT2D eigenvalue weighted by Gasteiger charge is -2.32. The number of likely N-dealkylation sites (tertiary alicyclic amines) is 1. The van der Waals surface area contributed by atoms with Crippen LogP contribution < -0.4 is 5.32 Å². The zero-order chi connectivity index (χ0) is 17.8. The van der Waals surface area contributed by atoms with E-state index in [1.165, 1.54) is 31.2 Å². The summed E-state index contributed by atoms with van der Waals surface area (Å²) in [5.74, 6) is 1.81. The second-order valence-corrected chi connectivity index (χ2v) is 7.80. The van der Waals surface area contributed by atoms with Gasteiger partial charge < -0.3 is 9.73 Å². The monoisotopic (exact) mass is 352 g/mol. The van der Waals surface area contributed by atoms with E-state index in [1.54, 1.807) is 6.26 Å². The van der Waals surface area contributed by atoms with Crippen molar-refractivity contribution in [3.05, 3.63) is 48.2 Å². The molecule has 2 heterocycles. The summed E-state index contributed by atoms with van der Waals surface area (Å²) >= 11 is 0. The molecule has 0 unspecified atom stereocenters. The molecule has 1 saturated heterocycles. The summed E-state index contributed by atoms with van der Waals surface area (Å²) in [5, 5.41) is 3.10. The number of hydrogen-bond acceptors (Lipinski definition) is 3. The Labute approximate surface area is 155 Å². The van der Waals surface area contributed by atoms with Gasteiger partial charge in [-0.1, -0.05) is 24.3 Å². The number of carbonyl (C=O) groups is 1. The first-order valence-corrected chi connectivity index (χ1v) is 9.91. The molecule has 1 aliphatic carbocycles. The molecule has 1 N–H and O–H groups in total. The van der Waals surface area contributed by atoms with Crippen LogP contribution in [0.15, 0.2) is 47.1 Å². The summed E-state index contributed by atoms with van der Waals surface area (Å²) in [4.78, 5) is 14.4. The van der Waals surface area contributed by atoms with Crippen molar-refractivity contribution in [2.45, 2.75) is 51.1 Å². The minimum Gasteiger partial charge on any atom is -0.464 e.